The summed E-state index contributed by atoms with van der Waals surface area (Å²) in [6.45, 7) is 6.66. The van der Waals surface area contributed by atoms with E-state index in [0.29, 0.717) is 11.5 Å². The molecule has 4 heteroatoms. The summed E-state index contributed by atoms with van der Waals surface area (Å²) in [5.41, 5.74) is 2.78. The molecule has 0 spiro atoms. The molecule has 0 radical (unpaired) electrons. The molecular weight excluding hydrogens is 266 g/mol. The first kappa shape index (κ1) is 13.5. The second-order valence-corrected chi connectivity index (χ2v) is 7.50. The zero-order chi connectivity index (χ0) is 14.3. The van der Waals surface area contributed by atoms with Crippen LogP contribution < -0.4 is 0 Å². The zero-order valence-corrected chi connectivity index (χ0v) is 13.0. The number of hydrogen-bond acceptors (Lipinski definition) is 3. The SMILES string of the molecule is CC(C)(C)n1c(C2CCSC2)nc2cc(C#N)ccc21. The minimum atomic E-state index is 0.00546. The number of aromatic nitrogens is 2. The summed E-state index contributed by atoms with van der Waals surface area (Å²) in [5, 5.41) is 9.06. The molecule has 0 aliphatic carbocycles. The molecule has 1 saturated heterocycles. The van der Waals surface area contributed by atoms with E-state index in [-0.39, 0.29) is 5.54 Å². The molecule has 104 valence electrons. The summed E-state index contributed by atoms with van der Waals surface area (Å²) in [4.78, 5) is 4.87. The molecule has 1 aromatic heterocycles. The molecule has 1 aliphatic heterocycles. The number of nitrogens with zero attached hydrogens (tertiary/aromatic N) is 3. The predicted molar refractivity (Wildman–Crippen MR) is 84.1 cm³/mol. The quantitative estimate of drug-likeness (QED) is 0.798. The number of hydrogen-bond donors (Lipinski definition) is 0. The number of fused-ring (bicyclic) bond motifs is 1. The molecule has 1 unspecified atom stereocenters. The molecule has 0 bridgehead atoms. The first-order chi connectivity index (χ1) is 9.50. The van der Waals surface area contributed by atoms with Gasteiger partial charge in [0.25, 0.3) is 0 Å². The number of imidazole rings is 1. The van der Waals surface area contributed by atoms with Crippen LogP contribution in [0.4, 0.5) is 0 Å². The van der Waals surface area contributed by atoms with Crippen LogP contribution in [0.15, 0.2) is 18.2 Å². The van der Waals surface area contributed by atoms with Gasteiger partial charge in [0.15, 0.2) is 0 Å². The van der Waals surface area contributed by atoms with E-state index in [1.165, 1.54) is 18.0 Å². The second-order valence-electron chi connectivity index (χ2n) is 6.35. The van der Waals surface area contributed by atoms with Crippen molar-refractivity contribution in [3.63, 3.8) is 0 Å². The third kappa shape index (κ3) is 2.20. The van der Waals surface area contributed by atoms with Crippen molar-refractivity contribution in [2.45, 2.75) is 38.6 Å². The van der Waals surface area contributed by atoms with Crippen molar-refractivity contribution < 1.29 is 0 Å². The van der Waals surface area contributed by atoms with Crippen molar-refractivity contribution in [1.82, 2.24) is 9.55 Å². The van der Waals surface area contributed by atoms with Crippen LogP contribution in [0.2, 0.25) is 0 Å². The minimum absolute atomic E-state index is 0.00546. The molecule has 1 aliphatic rings. The summed E-state index contributed by atoms with van der Waals surface area (Å²) >= 11 is 2.01. The fraction of sp³-hybridized carbons (Fsp3) is 0.500. The second kappa shape index (κ2) is 4.82. The smallest absolute Gasteiger partial charge is 0.114 e. The van der Waals surface area contributed by atoms with E-state index in [2.05, 4.69) is 31.4 Å². The van der Waals surface area contributed by atoms with Crippen molar-refractivity contribution in [3.8, 4) is 6.07 Å². The lowest BCUT2D eigenvalue weighted by molar-refractivity contribution is 0.386. The van der Waals surface area contributed by atoms with Gasteiger partial charge < -0.3 is 4.57 Å². The summed E-state index contributed by atoms with van der Waals surface area (Å²) in [6, 6.07) is 8.04. The fourth-order valence-corrected chi connectivity index (χ4v) is 4.10. The maximum Gasteiger partial charge on any atom is 0.114 e. The highest BCUT2D eigenvalue weighted by molar-refractivity contribution is 7.99. The lowest BCUT2D eigenvalue weighted by atomic mass is 10.0. The van der Waals surface area contributed by atoms with Gasteiger partial charge in [0.1, 0.15) is 5.82 Å². The Morgan fingerprint density at radius 3 is 2.80 bits per heavy atom. The minimum Gasteiger partial charge on any atom is -0.322 e. The van der Waals surface area contributed by atoms with E-state index in [0.717, 1.165) is 16.8 Å². The van der Waals surface area contributed by atoms with Crippen molar-refractivity contribution >= 4 is 22.8 Å². The molecule has 1 atom stereocenters. The van der Waals surface area contributed by atoms with E-state index in [1.54, 1.807) is 0 Å². The van der Waals surface area contributed by atoms with Crippen LogP contribution in [0.1, 0.15) is 44.5 Å². The largest absolute Gasteiger partial charge is 0.322 e. The van der Waals surface area contributed by atoms with Crippen molar-refractivity contribution in [2.75, 3.05) is 11.5 Å². The summed E-state index contributed by atoms with van der Waals surface area (Å²) < 4.78 is 2.36. The van der Waals surface area contributed by atoms with Crippen LogP contribution >= 0.6 is 11.8 Å². The van der Waals surface area contributed by atoms with Crippen molar-refractivity contribution in [2.24, 2.45) is 0 Å². The Kier molecular flexibility index (Phi) is 3.25. The standard InChI is InChI=1S/C16H19N3S/c1-16(2,3)19-14-5-4-11(9-17)8-13(14)18-15(19)12-6-7-20-10-12/h4-5,8,12H,6-7,10H2,1-3H3. The molecule has 3 nitrogen and oxygen atoms in total. The third-order valence-corrected chi connectivity index (χ3v) is 4.94. The number of benzene rings is 1. The molecule has 0 N–H and O–H groups in total. The normalized spacial score (nSPS) is 19.4. The van der Waals surface area contributed by atoms with Gasteiger partial charge in [0.2, 0.25) is 0 Å². The van der Waals surface area contributed by atoms with E-state index in [4.69, 9.17) is 10.2 Å². The molecular formula is C16H19N3S. The average Bonchev–Trinajstić information content (AvgIpc) is 3.03. The van der Waals surface area contributed by atoms with Crippen LogP contribution in [-0.2, 0) is 5.54 Å². The molecule has 2 heterocycles. The monoisotopic (exact) mass is 285 g/mol. The Hall–Kier alpha value is -1.47. The lowest BCUT2D eigenvalue weighted by Gasteiger charge is -2.26. The Bertz CT molecular complexity index is 682. The molecule has 0 saturated carbocycles. The Balaban J connectivity index is 2.24. The fourth-order valence-electron chi connectivity index (χ4n) is 2.89. The Morgan fingerprint density at radius 1 is 1.40 bits per heavy atom. The van der Waals surface area contributed by atoms with Crippen LogP contribution in [0.25, 0.3) is 11.0 Å². The molecule has 2 aromatic rings. The summed E-state index contributed by atoms with van der Waals surface area (Å²) in [5.74, 6) is 4.11. The molecule has 3 rings (SSSR count). The highest BCUT2D eigenvalue weighted by Gasteiger charge is 2.28. The van der Waals surface area contributed by atoms with Gasteiger partial charge in [-0.2, -0.15) is 17.0 Å². The number of nitriles is 1. The highest BCUT2D eigenvalue weighted by atomic mass is 32.2. The van der Waals surface area contributed by atoms with Crippen LogP contribution in [-0.4, -0.2) is 21.1 Å². The van der Waals surface area contributed by atoms with Gasteiger partial charge in [-0.15, -0.1) is 0 Å². The topological polar surface area (TPSA) is 41.6 Å². The van der Waals surface area contributed by atoms with E-state index in [1.807, 2.05) is 30.0 Å². The van der Waals surface area contributed by atoms with Gasteiger partial charge in [-0.3, -0.25) is 0 Å². The van der Waals surface area contributed by atoms with Crippen molar-refractivity contribution in [3.05, 3.63) is 29.6 Å². The average molecular weight is 285 g/mol. The zero-order valence-electron chi connectivity index (χ0n) is 12.2. The molecule has 1 fully saturated rings. The van der Waals surface area contributed by atoms with Crippen molar-refractivity contribution in [1.29, 1.82) is 5.26 Å². The van der Waals surface area contributed by atoms with Gasteiger partial charge in [-0.1, -0.05) is 0 Å². The van der Waals surface area contributed by atoms with Gasteiger partial charge in [0.05, 0.1) is 22.7 Å². The Labute approximate surface area is 124 Å². The van der Waals surface area contributed by atoms with E-state index >= 15 is 0 Å². The first-order valence-electron chi connectivity index (χ1n) is 7.01. The maximum atomic E-state index is 9.06. The van der Waals surface area contributed by atoms with E-state index < -0.39 is 0 Å². The number of thioether (sulfide) groups is 1. The third-order valence-electron chi connectivity index (χ3n) is 3.78. The molecule has 1 aromatic carbocycles. The van der Waals surface area contributed by atoms with Gasteiger partial charge in [-0.25, -0.2) is 4.98 Å². The molecule has 20 heavy (non-hydrogen) atoms. The summed E-state index contributed by atoms with van der Waals surface area (Å²) in [7, 11) is 0. The predicted octanol–water partition coefficient (Wildman–Crippen LogP) is 3.88. The van der Waals surface area contributed by atoms with Gasteiger partial charge in [0, 0.05) is 17.2 Å². The first-order valence-corrected chi connectivity index (χ1v) is 8.17. The van der Waals surface area contributed by atoms with Crippen LogP contribution in [0, 0.1) is 11.3 Å². The van der Waals surface area contributed by atoms with Gasteiger partial charge >= 0.3 is 0 Å². The summed E-state index contributed by atoms with van der Waals surface area (Å²) in [6.07, 6.45) is 1.20. The van der Waals surface area contributed by atoms with Crippen LogP contribution in [0.3, 0.4) is 0 Å². The Morgan fingerprint density at radius 2 is 2.20 bits per heavy atom. The van der Waals surface area contributed by atoms with Gasteiger partial charge in [-0.05, 0) is 51.1 Å². The highest BCUT2D eigenvalue weighted by Crippen LogP contribution is 2.36. The number of rotatable bonds is 1. The van der Waals surface area contributed by atoms with E-state index in [9.17, 15) is 0 Å². The maximum absolute atomic E-state index is 9.06. The van der Waals surface area contributed by atoms with Crippen LogP contribution in [0.5, 0.6) is 0 Å². The lowest BCUT2D eigenvalue weighted by Crippen LogP contribution is -2.25. The molecule has 0 amide bonds.